The molecule has 1 amide bonds. The molecule has 38 heavy (non-hydrogen) atoms. The van der Waals surface area contributed by atoms with Crippen molar-refractivity contribution in [2.24, 2.45) is 4.99 Å². The molecular weight excluding hydrogens is 522 g/mol. The van der Waals surface area contributed by atoms with Gasteiger partial charge in [-0.05, 0) is 81.3 Å². The fourth-order valence-electron chi connectivity index (χ4n) is 4.22. The number of aromatic nitrogens is 1. The molecule has 0 bridgehead atoms. The zero-order valence-electron chi connectivity index (χ0n) is 21.7. The largest absolute Gasteiger partial charge is 0.465 e. The lowest BCUT2D eigenvalue weighted by atomic mass is 10.1. The van der Waals surface area contributed by atoms with E-state index in [2.05, 4.69) is 4.99 Å². The fraction of sp³-hybridized carbons (Fsp3) is 0.250. The summed E-state index contributed by atoms with van der Waals surface area (Å²) in [5.41, 5.74) is 3.64. The second-order valence-corrected chi connectivity index (χ2v) is 11.5. The van der Waals surface area contributed by atoms with Crippen LogP contribution in [0.1, 0.15) is 35.3 Å². The second-order valence-electron chi connectivity index (χ2n) is 8.65. The first-order valence-corrected chi connectivity index (χ1v) is 14.4. The number of sulfonamides is 1. The number of carbonyl (C=O) groups excluding carboxylic acids is 2. The summed E-state index contributed by atoms with van der Waals surface area (Å²) >= 11 is 1.32. The molecule has 198 valence electrons. The van der Waals surface area contributed by atoms with E-state index in [1.807, 2.05) is 32.0 Å². The number of anilines is 1. The van der Waals surface area contributed by atoms with E-state index >= 15 is 0 Å². The molecule has 8 nitrogen and oxygen atoms in total. The summed E-state index contributed by atoms with van der Waals surface area (Å²) in [7, 11) is -3.82. The molecule has 0 radical (unpaired) electrons. The molecular formula is C28H29N3O5S2. The van der Waals surface area contributed by atoms with Crippen LogP contribution in [0.4, 0.5) is 5.69 Å². The van der Waals surface area contributed by atoms with Gasteiger partial charge in [-0.15, -0.1) is 0 Å². The Morgan fingerprint density at radius 3 is 2.32 bits per heavy atom. The minimum Gasteiger partial charge on any atom is -0.465 e. The third-order valence-electron chi connectivity index (χ3n) is 5.92. The average molecular weight is 552 g/mol. The van der Waals surface area contributed by atoms with Crippen molar-refractivity contribution in [3.63, 3.8) is 0 Å². The Morgan fingerprint density at radius 1 is 1.00 bits per heavy atom. The molecule has 0 aliphatic rings. The van der Waals surface area contributed by atoms with Crippen molar-refractivity contribution in [1.82, 2.24) is 4.57 Å². The van der Waals surface area contributed by atoms with Crippen molar-refractivity contribution in [3.8, 4) is 0 Å². The van der Waals surface area contributed by atoms with E-state index in [9.17, 15) is 18.0 Å². The summed E-state index contributed by atoms with van der Waals surface area (Å²) in [5, 5.41) is 0. The van der Waals surface area contributed by atoms with Crippen LogP contribution < -0.4 is 9.11 Å². The predicted molar refractivity (Wildman–Crippen MR) is 149 cm³/mol. The Morgan fingerprint density at radius 2 is 1.68 bits per heavy atom. The van der Waals surface area contributed by atoms with Gasteiger partial charge in [-0.25, -0.2) is 8.42 Å². The third kappa shape index (κ3) is 5.56. The van der Waals surface area contributed by atoms with Gasteiger partial charge in [0.1, 0.15) is 6.54 Å². The number of esters is 1. The van der Waals surface area contributed by atoms with Gasteiger partial charge in [-0.3, -0.25) is 13.9 Å². The molecule has 1 aromatic heterocycles. The Balaban J connectivity index is 1.70. The smallest absolute Gasteiger partial charge is 0.326 e. The van der Waals surface area contributed by atoms with Crippen LogP contribution in [0.25, 0.3) is 10.2 Å². The summed E-state index contributed by atoms with van der Waals surface area (Å²) in [6, 6.07) is 18.6. The zero-order chi connectivity index (χ0) is 27.4. The van der Waals surface area contributed by atoms with Crippen molar-refractivity contribution in [1.29, 1.82) is 0 Å². The van der Waals surface area contributed by atoms with Crippen molar-refractivity contribution in [2.45, 2.75) is 39.1 Å². The highest BCUT2D eigenvalue weighted by Crippen LogP contribution is 2.25. The van der Waals surface area contributed by atoms with Gasteiger partial charge >= 0.3 is 5.97 Å². The van der Waals surface area contributed by atoms with Gasteiger partial charge < -0.3 is 9.30 Å². The van der Waals surface area contributed by atoms with E-state index < -0.39 is 21.9 Å². The summed E-state index contributed by atoms with van der Waals surface area (Å²) in [4.78, 5) is 30.2. The number of hydrogen-bond donors (Lipinski definition) is 0. The highest BCUT2D eigenvalue weighted by Gasteiger charge is 2.24. The minimum absolute atomic E-state index is 0.0742. The molecule has 0 saturated carbocycles. The number of benzene rings is 3. The fourth-order valence-corrected chi connectivity index (χ4v) is 6.77. The molecule has 0 aliphatic carbocycles. The van der Waals surface area contributed by atoms with Crippen LogP contribution in [0.3, 0.4) is 0 Å². The zero-order valence-corrected chi connectivity index (χ0v) is 23.3. The molecule has 0 aliphatic heterocycles. The van der Waals surface area contributed by atoms with Crippen molar-refractivity contribution >= 4 is 49.1 Å². The van der Waals surface area contributed by atoms with E-state index in [1.165, 1.54) is 39.9 Å². The number of ether oxygens (including phenoxy) is 1. The van der Waals surface area contributed by atoms with Gasteiger partial charge in [0.05, 0.1) is 27.4 Å². The molecule has 10 heteroatoms. The minimum atomic E-state index is -3.82. The molecule has 3 aromatic carbocycles. The molecule has 0 spiro atoms. The number of fused-ring (bicyclic) bond motifs is 1. The number of para-hydroxylation sites is 1. The van der Waals surface area contributed by atoms with Crippen LogP contribution in [-0.4, -0.2) is 38.0 Å². The van der Waals surface area contributed by atoms with Crippen LogP contribution in [0.5, 0.6) is 0 Å². The Bertz CT molecular complexity index is 1650. The lowest BCUT2D eigenvalue weighted by molar-refractivity contribution is -0.143. The predicted octanol–water partition coefficient (Wildman–Crippen LogP) is 4.84. The van der Waals surface area contributed by atoms with Crippen LogP contribution in [0.2, 0.25) is 0 Å². The number of amides is 1. The van der Waals surface area contributed by atoms with Gasteiger partial charge in [0, 0.05) is 12.1 Å². The number of hydrogen-bond acceptors (Lipinski definition) is 6. The molecule has 0 fully saturated rings. The van der Waals surface area contributed by atoms with Crippen molar-refractivity contribution in [2.75, 3.05) is 17.5 Å². The van der Waals surface area contributed by atoms with E-state index in [0.717, 1.165) is 21.3 Å². The normalized spacial score (nSPS) is 12.1. The van der Waals surface area contributed by atoms with Gasteiger partial charge in [0.2, 0.25) is 0 Å². The maximum Gasteiger partial charge on any atom is 0.326 e. The van der Waals surface area contributed by atoms with Gasteiger partial charge in [0.15, 0.2) is 4.80 Å². The maximum atomic E-state index is 13.3. The third-order valence-corrected chi connectivity index (χ3v) is 9.07. The first-order valence-electron chi connectivity index (χ1n) is 12.2. The number of carbonyl (C=O) groups is 2. The first kappa shape index (κ1) is 27.3. The quantitative estimate of drug-likeness (QED) is 0.292. The lowest BCUT2D eigenvalue weighted by Crippen LogP contribution is -2.30. The summed E-state index contributed by atoms with van der Waals surface area (Å²) < 4.78 is 35.6. The van der Waals surface area contributed by atoms with Crippen molar-refractivity contribution < 1.29 is 22.7 Å². The lowest BCUT2D eigenvalue weighted by Gasteiger charge is -2.22. The number of rotatable bonds is 8. The molecule has 4 rings (SSSR count). The topological polar surface area (TPSA) is 98.0 Å². The molecule has 1 heterocycles. The molecule has 0 N–H and O–H groups in total. The Hall–Kier alpha value is -3.76. The SMILES string of the molecule is CCOC(=O)Cn1c(=NC(=O)c2ccc(S(=O)(=O)N(CC)c3ccccc3)cc2)sc2c(C)cc(C)cc21. The van der Waals surface area contributed by atoms with E-state index in [0.29, 0.717) is 10.5 Å². The van der Waals surface area contributed by atoms with Crippen LogP contribution in [-0.2, 0) is 26.1 Å². The van der Waals surface area contributed by atoms with Crippen molar-refractivity contribution in [3.05, 3.63) is 88.2 Å². The monoisotopic (exact) mass is 551 g/mol. The average Bonchev–Trinajstić information content (AvgIpc) is 3.22. The maximum absolute atomic E-state index is 13.3. The van der Waals surface area contributed by atoms with Crippen LogP contribution >= 0.6 is 11.3 Å². The van der Waals surface area contributed by atoms with Gasteiger partial charge in [-0.2, -0.15) is 4.99 Å². The van der Waals surface area contributed by atoms with E-state index in [1.54, 1.807) is 42.7 Å². The van der Waals surface area contributed by atoms with E-state index in [4.69, 9.17) is 4.74 Å². The number of thiazole rings is 1. The number of nitrogens with zero attached hydrogens (tertiary/aromatic N) is 3. The highest BCUT2D eigenvalue weighted by atomic mass is 32.2. The number of aryl methyl sites for hydroxylation is 2. The van der Waals surface area contributed by atoms with Crippen LogP contribution in [0.15, 0.2) is 76.6 Å². The molecule has 0 unspecified atom stereocenters. The molecule has 0 saturated heterocycles. The van der Waals surface area contributed by atoms with Crippen LogP contribution in [0, 0.1) is 13.8 Å². The summed E-state index contributed by atoms with van der Waals surface area (Å²) in [5.74, 6) is -0.961. The second kappa shape index (κ2) is 11.3. The Kier molecular flexibility index (Phi) is 8.13. The molecule has 4 aromatic rings. The highest BCUT2D eigenvalue weighted by molar-refractivity contribution is 7.92. The standard InChI is InChI=1S/C28H29N3O5S2/c1-5-31(22-10-8-7-9-11-22)38(34,35)23-14-12-21(13-15-23)27(33)29-28-30(18-25(32)36-6-2)24-17-19(3)16-20(4)26(24)37-28/h7-17H,5-6,18H2,1-4H3. The summed E-state index contributed by atoms with van der Waals surface area (Å²) in [6.07, 6.45) is 0. The van der Waals surface area contributed by atoms with Gasteiger partial charge in [-0.1, -0.05) is 35.6 Å². The Labute approximate surface area is 225 Å². The van der Waals surface area contributed by atoms with E-state index in [-0.39, 0.29) is 30.2 Å². The first-order chi connectivity index (χ1) is 18.1. The summed E-state index contributed by atoms with van der Waals surface area (Å²) in [6.45, 7) is 7.87. The van der Waals surface area contributed by atoms with Gasteiger partial charge in [0.25, 0.3) is 15.9 Å². The molecule has 0 atom stereocenters.